The second-order valence-corrected chi connectivity index (χ2v) is 5.37. The van der Waals surface area contributed by atoms with Crippen LogP contribution in [0, 0.1) is 11.8 Å². The minimum absolute atomic E-state index is 0.0157. The summed E-state index contributed by atoms with van der Waals surface area (Å²) >= 11 is 6.00. The molecule has 19 heavy (non-hydrogen) atoms. The first-order valence-corrected chi connectivity index (χ1v) is 6.64. The zero-order valence-electron chi connectivity index (χ0n) is 10.5. The van der Waals surface area contributed by atoms with Gasteiger partial charge >= 0.3 is 5.97 Å². The van der Waals surface area contributed by atoms with Crippen molar-refractivity contribution in [3.05, 3.63) is 34.9 Å². The third-order valence-electron chi connectivity index (χ3n) is 3.80. The lowest BCUT2D eigenvalue weighted by molar-refractivity contribution is -0.145. The number of oxime groups is 1. The molecule has 0 amide bonds. The third-order valence-corrected chi connectivity index (χ3v) is 4.03. The van der Waals surface area contributed by atoms with Gasteiger partial charge in [0.2, 0.25) is 0 Å². The molecule has 1 aliphatic heterocycles. The van der Waals surface area contributed by atoms with Crippen molar-refractivity contribution in [2.75, 3.05) is 7.11 Å². The Kier molecular flexibility index (Phi) is 3.19. The highest BCUT2D eigenvalue weighted by atomic mass is 35.5. The Hall–Kier alpha value is -1.55. The summed E-state index contributed by atoms with van der Waals surface area (Å²) in [6, 6.07) is 7.55. The molecule has 1 heterocycles. The first kappa shape index (κ1) is 12.5. The average Bonchev–Trinajstić information content (AvgIpc) is 2.97. The van der Waals surface area contributed by atoms with Gasteiger partial charge in [0.1, 0.15) is 6.10 Å². The third kappa shape index (κ3) is 2.21. The van der Waals surface area contributed by atoms with E-state index < -0.39 is 0 Å². The summed E-state index contributed by atoms with van der Waals surface area (Å²) in [5, 5.41) is 4.83. The van der Waals surface area contributed by atoms with Crippen LogP contribution in [0.15, 0.2) is 29.4 Å². The molecule has 1 aliphatic carbocycles. The van der Waals surface area contributed by atoms with Crippen molar-refractivity contribution < 1.29 is 14.4 Å². The number of hydrogen-bond donors (Lipinski definition) is 0. The smallest absolute Gasteiger partial charge is 0.308 e. The van der Waals surface area contributed by atoms with Crippen molar-refractivity contribution in [3.63, 3.8) is 0 Å². The van der Waals surface area contributed by atoms with Gasteiger partial charge in [0.05, 0.1) is 18.7 Å². The van der Waals surface area contributed by atoms with Crippen LogP contribution in [-0.4, -0.2) is 24.9 Å². The molecule has 0 saturated heterocycles. The molecule has 0 bridgehead atoms. The Morgan fingerprint density at radius 3 is 3.05 bits per heavy atom. The van der Waals surface area contributed by atoms with Crippen LogP contribution in [0.5, 0.6) is 0 Å². The number of ether oxygens (including phenoxy) is 1. The van der Waals surface area contributed by atoms with Gasteiger partial charge in [-0.3, -0.25) is 4.79 Å². The summed E-state index contributed by atoms with van der Waals surface area (Å²) in [5.74, 6) is -0.101. The van der Waals surface area contributed by atoms with E-state index in [2.05, 4.69) is 5.16 Å². The minimum Gasteiger partial charge on any atom is -0.469 e. The number of methoxy groups -OCH3 is 1. The molecule has 3 unspecified atom stereocenters. The van der Waals surface area contributed by atoms with E-state index in [0.29, 0.717) is 11.4 Å². The van der Waals surface area contributed by atoms with Gasteiger partial charge in [-0.1, -0.05) is 28.9 Å². The predicted molar refractivity (Wildman–Crippen MR) is 71.1 cm³/mol. The Morgan fingerprint density at radius 1 is 1.47 bits per heavy atom. The summed E-state index contributed by atoms with van der Waals surface area (Å²) in [4.78, 5) is 17.0. The fourth-order valence-corrected chi connectivity index (χ4v) is 3.06. The van der Waals surface area contributed by atoms with Crippen LogP contribution >= 0.6 is 11.6 Å². The molecule has 1 aromatic rings. The number of hydrogen-bond acceptors (Lipinski definition) is 4. The van der Waals surface area contributed by atoms with Gasteiger partial charge in [-0.2, -0.15) is 0 Å². The van der Waals surface area contributed by atoms with Crippen LogP contribution in [0.4, 0.5) is 0 Å². The van der Waals surface area contributed by atoms with Crippen LogP contribution in [0.1, 0.15) is 18.4 Å². The topological polar surface area (TPSA) is 47.9 Å². The highest BCUT2D eigenvalue weighted by Crippen LogP contribution is 2.40. The first-order valence-electron chi connectivity index (χ1n) is 6.26. The molecule has 4 nitrogen and oxygen atoms in total. The zero-order valence-corrected chi connectivity index (χ0v) is 11.3. The van der Waals surface area contributed by atoms with Gasteiger partial charge < -0.3 is 9.57 Å². The van der Waals surface area contributed by atoms with Crippen LogP contribution in [0.2, 0.25) is 5.02 Å². The van der Waals surface area contributed by atoms with Crippen molar-refractivity contribution in [2.45, 2.75) is 18.9 Å². The van der Waals surface area contributed by atoms with Gasteiger partial charge in [-0.05, 0) is 18.6 Å². The van der Waals surface area contributed by atoms with Crippen molar-refractivity contribution in [2.24, 2.45) is 17.0 Å². The monoisotopic (exact) mass is 279 g/mol. The lowest BCUT2D eigenvalue weighted by atomic mass is 9.94. The molecule has 3 atom stereocenters. The molecule has 0 spiro atoms. The zero-order chi connectivity index (χ0) is 13.4. The fourth-order valence-electron chi connectivity index (χ4n) is 2.87. The molecule has 5 heteroatoms. The number of carbonyl (C=O) groups excluding carboxylic acids is 1. The summed E-state index contributed by atoms with van der Waals surface area (Å²) in [6.07, 6.45) is 1.38. The normalized spacial score (nSPS) is 28.5. The van der Waals surface area contributed by atoms with E-state index in [4.69, 9.17) is 21.2 Å². The molecule has 2 aliphatic rings. The standard InChI is InChI=1S/C14H14ClNO3/c1-18-14(17)9-6-11-12(7-9)19-16-13(11)8-3-2-4-10(15)5-8/h2-5,9,11-12H,6-7H2,1H3. The summed E-state index contributed by atoms with van der Waals surface area (Å²) in [5.41, 5.74) is 1.85. The largest absolute Gasteiger partial charge is 0.469 e. The first-order chi connectivity index (χ1) is 9.19. The molecule has 1 fully saturated rings. The minimum atomic E-state index is -0.163. The molecular formula is C14H14ClNO3. The fraction of sp³-hybridized carbons (Fsp3) is 0.429. The van der Waals surface area contributed by atoms with Gasteiger partial charge in [-0.25, -0.2) is 0 Å². The van der Waals surface area contributed by atoms with Crippen LogP contribution in [-0.2, 0) is 14.4 Å². The Morgan fingerprint density at radius 2 is 2.32 bits per heavy atom. The maximum atomic E-state index is 11.6. The number of esters is 1. The van der Waals surface area contributed by atoms with Crippen molar-refractivity contribution in [1.82, 2.24) is 0 Å². The average molecular weight is 280 g/mol. The number of fused-ring (bicyclic) bond motifs is 1. The summed E-state index contributed by atoms with van der Waals surface area (Å²) < 4.78 is 4.80. The van der Waals surface area contributed by atoms with Gasteiger partial charge in [0, 0.05) is 22.9 Å². The van der Waals surface area contributed by atoms with Crippen molar-refractivity contribution >= 4 is 23.3 Å². The van der Waals surface area contributed by atoms with E-state index in [1.807, 2.05) is 24.3 Å². The molecule has 0 radical (unpaired) electrons. The van der Waals surface area contributed by atoms with E-state index in [1.165, 1.54) is 7.11 Å². The van der Waals surface area contributed by atoms with Gasteiger partial charge in [0.25, 0.3) is 0 Å². The number of carbonyl (C=O) groups is 1. The van der Waals surface area contributed by atoms with Crippen LogP contribution < -0.4 is 0 Å². The number of nitrogens with zero attached hydrogens (tertiary/aromatic N) is 1. The quantitative estimate of drug-likeness (QED) is 0.782. The van der Waals surface area contributed by atoms with E-state index in [0.717, 1.165) is 17.7 Å². The van der Waals surface area contributed by atoms with Crippen molar-refractivity contribution in [1.29, 1.82) is 0 Å². The molecule has 1 saturated carbocycles. The summed E-state index contributed by atoms with van der Waals surface area (Å²) in [6.45, 7) is 0. The van der Waals surface area contributed by atoms with E-state index in [1.54, 1.807) is 0 Å². The van der Waals surface area contributed by atoms with Crippen LogP contribution in [0.3, 0.4) is 0 Å². The van der Waals surface area contributed by atoms with Crippen molar-refractivity contribution in [3.8, 4) is 0 Å². The highest BCUT2D eigenvalue weighted by molar-refractivity contribution is 6.31. The summed E-state index contributed by atoms with van der Waals surface area (Å²) in [7, 11) is 1.42. The molecule has 0 N–H and O–H groups in total. The van der Waals surface area contributed by atoms with Gasteiger partial charge in [0.15, 0.2) is 0 Å². The lowest BCUT2D eigenvalue weighted by Crippen LogP contribution is -2.17. The highest BCUT2D eigenvalue weighted by Gasteiger charge is 2.46. The molecular weight excluding hydrogens is 266 g/mol. The maximum absolute atomic E-state index is 11.6. The molecule has 1 aromatic carbocycles. The second-order valence-electron chi connectivity index (χ2n) is 4.93. The second kappa shape index (κ2) is 4.85. The van der Waals surface area contributed by atoms with E-state index in [-0.39, 0.29) is 23.9 Å². The van der Waals surface area contributed by atoms with E-state index in [9.17, 15) is 4.79 Å². The predicted octanol–water partition coefficient (Wildman–Crippen LogP) is 2.64. The number of rotatable bonds is 2. The molecule has 3 rings (SSSR count). The lowest BCUT2D eigenvalue weighted by Gasteiger charge is -2.09. The Balaban J connectivity index is 1.81. The molecule has 0 aromatic heterocycles. The number of benzene rings is 1. The SMILES string of the molecule is COC(=O)C1CC2ON=C(c3cccc(Cl)c3)C2C1. The van der Waals surface area contributed by atoms with Crippen LogP contribution in [0.25, 0.3) is 0 Å². The maximum Gasteiger partial charge on any atom is 0.308 e. The Labute approximate surface area is 116 Å². The van der Waals surface area contributed by atoms with E-state index >= 15 is 0 Å². The Bertz CT molecular complexity index is 543. The van der Waals surface area contributed by atoms with Gasteiger partial charge in [-0.15, -0.1) is 0 Å². The number of halogens is 1. The molecule has 100 valence electrons.